The maximum absolute atomic E-state index is 10.8. The van der Waals surface area contributed by atoms with Crippen LogP contribution in [-0.2, 0) is 0 Å². The molecule has 88 valence electrons. The van der Waals surface area contributed by atoms with Gasteiger partial charge in [-0.05, 0) is 41.6 Å². The van der Waals surface area contributed by atoms with Gasteiger partial charge in [-0.3, -0.25) is 10.1 Å². The van der Waals surface area contributed by atoms with E-state index in [-0.39, 0.29) is 16.5 Å². The molecular formula is C9H11BrClNO3Si. The maximum Gasteiger partial charge on any atom is 0.311 e. The zero-order chi connectivity index (χ0) is 12.5. The summed E-state index contributed by atoms with van der Waals surface area (Å²) in [5.41, 5.74) is -0.101. The summed E-state index contributed by atoms with van der Waals surface area (Å²) in [5.74, 6) is 0.153. The van der Waals surface area contributed by atoms with Crippen LogP contribution >= 0.6 is 27.5 Å². The molecule has 0 aliphatic carbocycles. The van der Waals surface area contributed by atoms with Crippen LogP contribution in [0.2, 0.25) is 24.7 Å². The highest BCUT2D eigenvalue weighted by Gasteiger charge is 2.26. The van der Waals surface area contributed by atoms with Crippen LogP contribution in [0, 0.1) is 10.1 Å². The van der Waals surface area contributed by atoms with Crippen molar-refractivity contribution in [1.82, 2.24) is 0 Å². The van der Waals surface area contributed by atoms with Crippen molar-refractivity contribution in [3.05, 3.63) is 31.7 Å². The van der Waals surface area contributed by atoms with E-state index in [1.807, 2.05) is 19.6 Å². The van der Waals surface area contributed by atoms with Gasteiger partial charge in [-0.2, -0.15) is 0 Å². The topological polar surface area (TPSA) is 52.4 Å². The minimum atomic E-state index is -1.94. The minimum Gasteiger partial charge on any atom is -0.539 e. The van der Waals surface area contributed by atoms with E-state index in [2.05, 4.69) is 15.9 Å². The molecule has 0 heterocycles. The maximum atomic E-state index is 10.8. The van der Waals surface area contributed by atoms with Crippen molar-refractivity contribution in [2.45, 2.75) is 19.6 Å². The zero-order valence-electron chi connectivity index (χ0n) is 9.08. The van der Waals surface area contributed by atoms with Crippen LogP contribution in [-0.4, -0.2) is 13.2 Å². The smallest absolute Gasteiger partial charge is 0.311 e. The number of nitro benzene ring substituents is 1. The second kappa shape index (κ2) is 4.73. The second-order valence-corrected chi connectivity index (χ2v) is 9.84. The van der Waals surface area contributed by atoms with Gasteiger partial charge in [-0.15, -0.1) is 0 Å². The summed E-state index contributed by atoms with van der Waals surface area (Å²) < 4.78 is 6.23. The third-order valence-corrected chi connectivity index (χ3v) is 3.71. The highest BCUT2D eigenvalue weighted by atomic mass is 79.9. The molecule has 1 aromatic rings. The molecule has 0 amide bonds. The van der Waals surface area contributed by atoms with Crippen molar-refractivity contribution in [3.63, 3.8) is 0 Å². The van der Waals surface area contributed by atoms with Crippen molar-refractivity contribution in [3.8, 4) is 5.75 Å². The average Bonchev–Trinajstić information content (AvgIpc) is 2.10. The Morgan fingerprint density at radius 1 is 1.44 bits per heavy atom. The minimum absolute atomic E-state index is 0.101. The fraction of sp³-hybridized carbons (Fsp3) is 0.333. The highest BCUT2D eigenvalue weighted by molar-refractivity contribution is 9.10. The van der Waals surface area contributed by atoms with E-state index in [4.69, 9.17) is 16.0 Å². The molecule has 0 atom stereocenters. The van der Waals surface area contributed by atoms with Crippen LogP contribution in [0.3, 0.4) is 0 Å². The van der Waals surface area contributed by atoms with Crippen LogP contribution in [0.15, 0.2) is 16.6 Å². The molecule has 0 spiro atoms. The standard InChI is InChI=1S/C9H11BrClNO3Si/c1-16(2,3)15-9-7(12(13)14)5-4-6(10)8(9)11/h4-5H,1-3H3. The lowest BCUT2D eigenvalue weighted by atomic mass is 10.3. The molecular weight excluding hydrogens is 314 g/mol. The zero-order valence-corrected chi connectivity index (χ0v) is 12.4. The summed E-state index contributed by atoms with van der Waals surface area (Å²) >= 11 is 9.21. The van der Waals surface area contributed by atoms with Gasteiger partial charge in [0.25, 0.3) is 0 Å². The molecule has 0 fully saturated rings. The van der Waals surface area contributed by atoms with Crippen molar-refractivity contribution in [2.24, 2.45) is 0 Å². The van der Waals surface area contributed by atoms with Gasteiger partial charge in [-0.25, -0.2) is 0 Å². The SMILES string of the molecule is C[Si](C)(C)Oc1c([N+](=O)[O-])ccc(Br)c1Cl. The van der Waals surface area contributed by atoms with Crippen molar-refractivity contribution >= 4 is 41.5 Å². The Morgan fingerprint density at radius 3 is 2.44 bits per heavy atom. The van der Waals surface area contributed by atoms with E-state index in [1.165, 1.54) is 12.1 Å². The number of halogens is 2. The van der Waals surface area contributed by atoms with Crippen molar-refractivity contribution < 1.29 is 9.35 Å². The summed E-state index contributed by atoms with van der Waals surface area (Å²) in [6, 6.07) is 2.92. The lowest BCUT2D eigenvalue weighted by Gasteiger charge is -2.20. The number of nitrogens with zero attached hydrogens (tertiary/aromatic N) is 1. The Morgan fingerprint density at radius 2 is 2.00 bits per heavy atom. The molecule has 0 aromatic heterocycles. The largest absolute Gasteiger partial charge is 0.539 e. The number of benzene rings is 1. The van der Waals surface area contributed by atoms with Gasteiger partial charge in [0.05, 0.1) is 4.92 Å². The Hall–Kier alpha value is -0.593. The van der Waals surface area contributed by atoms with Gasteiger partial charge < -0.3 is 4.43 Å². The van der Waals surface area contributed by atoms with E-state index >= 15 is 0 Å². The Balaban J connectivity index is 3.32. The van der Waals surface area contributed by atoms with E-state index in [0.29, 0.717) is 4.47 Å². The molecule has 4 nitrogen and oxygen atoms in total. The number of hydrogen-bond acceptors (Lipinski definition) is 3. The first kappa shape index (κ1) is 13.5. The van der Waals surface area contributed by atoms with Crippen LogP contribution in [0.4, 0.5) is 5.69 Å². The number of rotatable bonds is 3. The molecule has 16 heavy (non-hydrogen) atoms. The van der Waals surface area contributed by atoms with E-state index < -0.39 is 13.2 Å². The second-order valence-electron chi connectivity index (χ2n) is 4.18. The third kappa shape index (κ3) is 3.20. The quantitative estimate of drug-likeness (QED) is 0.475. The van der Waals surface area contributed by atoms with E-state index in [9.17, 15) is 10.1 Å². The highest BCUT2D eigenvalue weighted by Crippen LogP contribution is 2.40. The van der Waals surface area contributed by atoms with Gasteiger partial charge in [0.2, 0.25) is 14.1 Å². The molecule has 0 N–H and O–H groups in total. The molecule has 1 rings (SSSR count). The molecule has 0 radical (unpaired) electrons. The van der Waals surface area contributed by atoms with Gasteiger partial charge in [-0.1, -0.05) is 11.6 Å². The lowest BCUT2D eigenvalue weighted by molar-refractivity contribution is -0.385. The van der Waals surface area contributed by atoms with Gasteiger partial charge >= 0.3 is 5.69 Å². The van der Waals surface area contributed by atoms with Crippen LogP contribution in [0.25, 0.3) is 0 Å². The Labute approximate surface area is 108 Å². The molecule has 7 heteroatoms. The summed E-state index contributed by atoms with van der Waals surface area (Å²) in [6.07, 6.45) is 0. The predicted octanol–water partition coefficient (Wildman–Crippen LogP) is 4.22. The monoisotopic (exact) mass is 323 g/mol. The fourth-order valence-electron chi connectivity index (χ4n) is 1.07. The molecule has 0 bridgehead atoms. The Kier molecular flexibility index (Phi) is 3.98. The normalized spacial score (nSPS) is 11.3. The summed E-state index contributed by atoms with van der Waals surface area (Å²) in [7, 11) is -1.94. The summed E-state index contributed by atoms with van der Waals surface area (Å²) in [4.78, 5) is 10.3. The van der Waals surface area contributed by atoms with Gasteiger partial charge in [0, 0.05) is 10.5 Å². The van der Waals surface area contributed by atoms with Crippen LogP contribution < -0.4 is 4.43 Å². The van der Waals surface area contributed by atoms with E-state index in [0.717, 1.165) is 0 Å². The van der Waals surface area contributed by atoms with Crippen molar-refractivity contribution in [2.75, 3.05) is 0 Å². The molecule has 0 aliphatic heterocycles. The molecule has 0 unspecified atom stereocenters. The lowest BCUT2D eigenvalue weighted by Crippen LogP contribution is -2.29. The number of nitro groups is 1. The average molecular weight is 325 g/mol. The predicted molar refractivity (Wildman–Crippen MR) is 69.8 cm³/mol. The number of hydrogen-bond donors (Lipinski definition) is 0. The van der Waals surface area contributed by atoms with Crippen LogP contribution in [0.5, 0.6) is 5.75 Å². The first-order chi connectivity index (χ1) is 7.22. The summed E-state index contributed by atoms with van der Waals surface area (Å²) in [6.45, 7) is 5.82. The molecule has 0 saturated heterocycles. The third-order valence-electron chi connectivity index (χ3n) is 1.63. The van der Waals surface area contributed by atoms with Crippen molar-refractivity contribution in [1.29, 1.82) is 0 Å². The summed E-state index contributed by atoms with van der Waals surface area (Å²) in [5, 5.41) is 11.1. The van der Waals surface area contributed by atoms with Crippen LogP contribution in [0.1, 0.15) is 0 Å². The fourth-order valence-corrected chi connectivity index (χ4v) is 2.46. The Bertz CT molecular complexity index is 433. The first-order valence-electron chi connectivity index (χ1n) is 4.54. The molecule has 1 aromatic carbocycles. The first-order valence-corrected chi connectivity index (χ1v) is 9.11. The molecule has 0 saturated carbocycles. The van der Waals surface area contributed by atoms with E-state index in [1.54, 1.807) is 0 Å². The van der Waals surface area contributed by atoms with Gasteiger partial charge in [0.15, 0.2) is 0 Å². The molecule has 0 aliphatic rings. The van der Waals surface area contributed by atoms with Gasteiger partial charge in [0.1, 0.15) is 5.02 Å².